The van der Waals surface area contributed by atoms with Gasteiger partial charge in [-0.15, -0.1) is 27.1 Å². The van der Waals surface area contributed by atoms with E-state index in [1.165, 1.54) is 19.3 Å². The fourth-order valence-corrected chi connectivity index (χ4v) is 4.94. The normalized spacial score (nSPS) is 26.7. The first kappa shape index (κ1) is 13.1. The molecule has 116 valence electrons. The van der Waals surface area contributed by atoms with Gasteiger partial charge in [0.2, 0.25) is 0 Å². The molecule has 6 nitrogen and oxygen atoms in total. The Kier molecular flexibility index (Phi) is 2.88. The van der Waals surface area contributed by atoms with Crippen LogP contribution in [-0.4, -0.2) is 56.1 Å². The lowest BCUT2D eigenvalue weighted by Crippen LogP contribution is -2.59. The van der Waals surface area contributed by atoms with E-state index in [9.17, 15) is 0 Å². The predicted octanol–water partition coefficient (Wildman–Crippen LogP) is 1.62. The predicted molar refractivity (Wildman–Crippen MR) is 85.3 cm³/mol. The fraction of sp³-hybridized carbons (Fsp3) is 0.667. The van der Waals surface area contributed by atoms with Gasteiger partial charge in [-0.05, 0) is 37.3 Å². The third-order valence-corrected chi connectivity index (χ3v) is 6.44. The number of hydrogen-bond donors (Lipinski definition) is 0. The number of ether oxygens (including phenoxy) is 1. The monoisotopic (exact) mass is 317 g/mol. The van der Waals surface area contributed by atoms with Gasteiger partial charge in [0, 0.05) is 25.4 Å². The average molecular weight is 317 g/mol. The van der Waals surface area contributed by atoms with Crippen LogP contribution in [-0.2, 0) is 4.74 Å². The van der Waals surface area contributed by atoms with Crippen molar-refractivity contribution < 1.29 is 4.74 Å². The van der Waals surface area contributed by atoms with Gasteiger partial charge in [0.05, 0.1) is 10.9 Å². The molecule has 2 saturated heterocycles. The molecule has 4 heterocycles. The van der Waals surface area contributed by atoms with Crippen LogP contribution in [0.2, 0.25) is 0 Å². The van der Waals surface area contributed by atoms with E-state index in [4.69, 9.17) is 4.74 Å². The first-order valence-electron chi connectivity index (χ1n) is 7.97. The van der Waals surface area contributed by atoms with Gasteiger partial charge < -0.3 is 9.64 Å². The number of aromatic nitrogens is 4. The Balaban J connectivity index is 1.22. The number of anilines is 1. The highest BCUT2D eigenvalue weighted by molar-refractivity contribution is 8.01. The first-order chi connectivity index (χ1) is 10.8. The average Bonchev–Trinajstić information content (AvgIpc) is 3.05. The van der Waals surface area contributed by atoms with Gasteiger partial charge in [0.25, 0.3) is 0 Å². The lowest BCUT2D eigenvalue weighted by molar-refractivity contribution is 0.0529. The molecule has 2 aromatic rings. The topological polar surface area (TPSA) is 55.5 Å². The Morgan fingerprint density at radius 2 is 2.23 bits per heavy atom. The van der Waals surface area contributed by atoms with Crippen molar-refractivity contribution in [2.75, 3.05) is 30.3 Å². The van der Waals surface area contributed by atoms with E-state index in [1.807, 2.05) is 12.1 Å². The molecular weight excluding hydrogens is 298 g/mol. The highest BCUT2D eigenvalue weighted by atomic mass is 32.2. The Hall–Kier alpha value is -1.34. The summed E-state index contributed by atoms with van der Waals surface area (Å²) in [7, 11) is 0. The van der Waals surface area contributed by atoms with Crippen molar-refractivity contribution in [2.45, 2.75) is 30.1 Å². The molecule has 1 unspecified atom stereocenters. The molecule has 0 amide bonds. The number of hydrogen-bond acceptors (Lipinski definition) is 6. The molecule has 1 saturated carbocycles. The van der Waals surface area contributed by atoms with E-state index in [-0.39, 0.29) is 0 Å². The van der Waals surface area contributed by atoms with Crippen LogP contribution in [0.1, 0.15) is 19.3 Å². The SMILES string of the molecule is c1cc2nncn2nc1N1CC2(CC(OCC3CC3)CS2)C1. The van der Waals surface area contributed by atoms with Crippen LogP contribution in [0, 0.1) is 5.92 Å². The van der Waals surface area contributed by atoms with E-state index in [1.54, 1.807) is 10.8 Å². The third-order valence-electron chi connectivity index (χ3n) is 4.87. The second kappa shape index (κ2) is 4.83. The molecule has 1 atom stereocenters. The molecule has 1 aliphatic carbocycles. The Morgan fingerprint density at radius 3 is 3.09 bits per heavy atom. The quantitative estimate of drug-likeness (QED) is 0.854. The Labute approximate surface area is 133 Å². The maximum absolute atomic E-state index is 6.07. The first-order valence-corrected chi connectivity index (χ1v) is 8.96. The van der Waals surface area contributed by atoms with Crippen LogP contribution in [0.15, 0.2) is 18.5 Å². The number of thioether (sulfide) groups is 1. The Morgan fingerprint density at radius 1 is 1.32 bits per heavy atom. The molecule has 0 N–H and O–H groups in total. The summed E-state index contributed by atoms with van der Waals surface area (Å²) in [5, 5.41) is 12.4. The van der Waals surface area contributed by atoms with Crippen molar-refractivity contribution in [3.05, 3.63) is 18.5 Å². The second-order valence-electron chi connectivity index (χ2n) is 6.78. The van der Waals surface area contributed by atoms with Crippen molar-refractivity contribution in [1.82, 2.24) is 19.8 Å². The molecule has 1 spiro atoms. The summed E-state index contributed by atoms with van der Waals surface area (Å²) in [6.07, 6.45) is 6.04. The summed E-state index contributed by atoms with van der Waals surface area (Å²) in [6, 6.07) is 4.02. The maximum atomic E-state index is 6.07. The minimum Gasteiger partial charge on any atom is -0.377 e. The van der Waals surface area contributed by atoms with E-state index >= 15 is 0 Å². The van der Waals surface area contributed by atoms with Gasteiger partial charge >= 0.3 is 0 Å². The van der Waals surface area contributed by atoms with Crippen molar-refractivity contribution in [1.29, 1.82) is 0 Å². The van der Waals surface area contributed by atoms with Gasteiger partial charge in [-0.1, -0.05) is 0 Å². The molecule has 22 heavy (non-hydrogen) atoms. The highest BCUT2D eigenvalue weighted by Gasteiger charge is 2.50. The van der Waals surface area contributed by atoms with Crippen LogP contribution >= 0.6 is 11.8 Å². The van der Waals surface area contributed by atoms with Gasteiger partial charge in [-0.25, -0.2) is 0 Å². The van der Waals surface area contributed by atoms with Crippen LogP contribution in [0.3, 0.4) is 0 Å². The molecular formula is C15H19N5OS. The third kappa shape index (κ3) is 2.27. The van der Waals surface area contributed by atoms with E-state index < -0.39 is 0 Å². The minimum absolute atomic E-state index is 0.387. The lowest BCUT2D eigenvalue weighted by atomic mass is 9.93. The largest absolute Gasteiger partial charge is 0.377 e. The van der Waals surface area contributed by atoms with Gasteiger partial charge in [-0.2, -0.15) is 4.52 Å². The molecule has 2 aliphatic heterocycles. The molecule has 2 aromatic heterocycles. The van der Waals surface area contributed by atoms with Gasteiger partial charge in [0.1, 0.15) is 12.1 Å². The van der Waals surface area contributed by atoms with Gasteiger partial charge in [-0.3, -0.25) is 0 Å². The van der Waals surface area contributed by atoms with E-state index in [2.05, 4.69) is 32.0 Å². The van der Waals surface area contributed by atoms with Crippen molar-refractivity contribution >= 4 is 23.2 Å². The fourth-order valence-electron chi connectivity index (χ4n) is 3.39. The summed E-state index contributed by atoms with van der Waals surface area (Å²) >= 11 is 2.09. The van der Waals surface area contributed by atoms with E-state index in [0.717, 1.165) is 42.8 Å². The number of rotatable bonds is 4. The minimum atomic E-state index is 0.387. The zero-order valence-electron chi connectivity index (χ0n) is 12.4. The summed E-state index contributed by atoms with van der Waals surface area (Å²) in [4.78, 5) is 2.34. The van der Waals surface area contributed by atoms with Crippen molar-refractivity contribution in [3.63, 3.8) is 0 Å². The van der Waals surface area contributed by atoms with E-state index in [0.29, 0.717) is 10.9 Å². The van der Waals surface area contributed by atoms with Crippen LogP contribution in [0.4, 0.5) is 5.82 Å². The molecule has 3 aliphatic rings. The van der Waals surface area contributed by atoms with Crippen LogP contribution < -0.4 is 4.90 Å². The molecule has 0 bridgehead atoms. The van der Waals surface area contributed by atoms with Gasteiger partial charge in [0.15, 0.2) is 5.65 Å². The standard InChI is InChI=1S/C15H19N5OS/c1-2-11(1)6-21-12-5-15(22-7-12)8-19(9-15)14-4-3-13-17-16-10-20(13)18-14/h3-4,10-12H,1-2,5-9H2. The number of fused-ring (bicyclic) bond motifs is 1. The van der Waals surface area contributed by atoms with Crippen LogP contribution in [0.5, 0.6) is 0 Å². The summed E-state index contributed by atoms with van der Waals surface area (Å²) < 4.78 is 8.20. The zero-order valence-corrected chi connectivity index (χ0v) is 13.2. The molecule has 7 heteroatoms. The number of nitrogens with zero attached hydrogens (tertiary/aromatic N) is 5. The van der Waals surface area contributed by atoms with Crippen molar-refractivity contribution in [3.8, 4) is 0 Å². The molecule has 5 rings (SSSR count). The summed E-state index contributed by atoms with van der Waals surface area (Å²) in [5.74, 6) is 3.03. The Bertz CT molecular complexity index is 694. The molecule has 3 fully saturated rings. The highest BCUT2D eigenvalue weighted by Crippen LogP contribution is 2.47. The molecule has 0 radical (unpaired) electrons. The molecule has 0 aromatic carbocycles. The summed E-state index contributed by atoms with van der Waals surface area (Å²) in [5.41, 5.74) is 0.794. The summed E-state index contributed by atoms with van der Waals surface area (Å²) in [6.45, 7) is 3.13. The van der Waals surface area contributed by atoms with Crippen molar-refractivity contribution in [2.24, 2.45) is 5.92 Å². The maximum Gasteiger partial charge on any atom is 0.177 e. The smallest absolute Gasteiger partial charge is 0.177 e. The zero-order chi connectivity index (χ0) is 14.6. The van der Waals surface area contributed by atoms with Crippen LogP contribution in [0.25, 0.3) is 5.65 Å². The second-order valence-corrected chi connectivity index (χ2v) is 8.27. The lowest BCUT2D eigenvalue weighted by Gasteiger charge is -2.48.